The highest BCUT2D eigenvalue weighted by Gasteiger charge is 2.37. The van der Waals surface area contributed by atoms with Gasteiger partial charge in [-0.15, -0.1) is 0 Å². The van der Waals surface area contributed by atoms with E-state index >= 15 is 0 Å². The first-order valence-electron chi connectivity index (χ1n) is 8.09. The number of nitrogens with zero attached hydrogens (tertiary/aromatic N) is 2. The molecule has 24 heavy (non-hydrogen) atoms. The first-order chi connectivity index (χ1) is 11.4. The van der Waals surface area contributed by atoms with Gasteiger partial charge < -0.3 is 9.64 Å². The molecule has 0 unspecified atom stereocenters. The molecular formula is C16H21ClN2O4S. The highest BCUT2D eigenvalue weighted by Crippen LogP contribution is 2.37. The lowest BCUT2D eigenvalue weighted by Gasteiger charge is -2.36. The van der Waals surface area contributed by atoms with Gasteiger partial charge in [-0.2, -0.15) is 0 Å². The van der Waals surface area contributed by atoms with Gasteiger partial charge in [-0.05, 0) is 31.0 Å². The summed E-state index contributed by atoms with van der Waals surface area (Å²) in [4.78, 5) is 14.6. The van der Waals surface area contributed by atoms with Gasteiger partial charge >= 0.3 is 0 Å². The van der Waals surface area contributed by atoms with E-state index in [2.05, 4.69) is 0 Å². The highest BCUT2D eigenvalue weighted by molar-refractivity contribution is 7.92. The molecule has 6 nitrogen and oxygen atoms in total. The molecule has 1 saturated heterocycles. The van der Waals surface area contributed by atoms with Gasteiger partial charge in [0.1, 0.15) is 5.75 Å². The fraction of sp³-hybridized carbons (Fsp3) is 0.562. The Kier molecular flexibility index (Phi) is 4.92. The molecule has 1 fully saturated rings. The summed E-state index contributed by atoms with van der Waals surface area (Å²) in [5.41, 5.74) is 0.380. The molecule has 1 aromatic rings. The van der Waals surface area contributed by atoms with Crippen molar-refractivity contribution in [3.8, 4) is 5.75 Å². The van der Waals surface area contributed by atoms with E-state index in [0.29, 0.717) is 29.5 Å². The summed E-state index contributed by atoms with van der Waals surface area (Å²) >= 11 is 5.98. The van der Waals surface area contributed by atoms with Crippen molar-refractivity contribution in [1.29, 1.82) is 0 Å². The maximum Gasteiger partial charge on any atom is 0.265 e. The number of ether oxygens (including phenoxy) is 1. The summed E-state index contributed by atoms with van der Waals surface area (Å²) in [5.74, 6) is 0.218. The van der Waals surface area contributed by atoms with Crippen molar-refractivity contribution in [1.82, 2.24) is 4.90 Å². The predicted octanol–water partition coefficient (Wildman–Crippen LogP) is 2.27. The Morgan fingerprint density at radius 1 is 1.21 bits per heavy atom. The van der Waals surface area contributed by atoms with Crippen LogP contribution in [-0.2, 0) is 14.8 Å². The van der Waals surface area contributed by atoms with Crippen LogP contribution in [-0.4, -0.2) is 51.2 Å². The third-order valence-electron chi connectivity index (χ3n) is 4.38. The molecule has 1 atom stereocenters. The van der Waals surface area contributed by atoms with Crippen molar-refractivity contribution in [3.05, 3.63) is 23.2 Å². The molecule has 2 aliphatic rings. The fourth-order valence-electron chi connectivity index (χ4n) is 3.16. The number of likely N-dealkylation sites (tertiary alicyclic amines) is 1. The quantitative estimate of drug-likeness (QED) is 0.798. The van der Waals surface area contributed by atoms with Crippen molar-refractivity contribution in [2.75, 3.05) is 30.2 Å². The average Bonchev–Trinajstić information content (AvgIpc) is 2.81. The Bertz CT molecular complexity index is 730. The Labute approximate surface area is 147 Å². The maximum absolute atomic E-state index is 12.8. The molecule has 1 aromatic carbocycles. The number of rotatable bonds is 2. The molecule has 0 aromatic heterocycles. The van der Waals surface area contributed by atoms with Crippen LogP contribution in [0, 0.1) is 0 Å². The first-order valence-corrected chi connectivity index (χ1v) is 10.3. The number of amides is 1. The van der Waals surface area contributed by atoms with Crippen molar-refractivity contribution in [2.24, 2.45) is 0 Å². The largest absolute Gasteiger partial charge is 0.476 e. The number of benzene rings is 1. The number of fused-ring (bicyclic) bond motifs is 1. The lowest BCUT2D eigenvalue weighted by atomic mass is 10.2. The van der Waals surface area contributed by atoms with Crippen molar-refractivity contribution in [2.45, 2.75) is 31.8 Å². The van der Waals surface area contributed by atoms with Crippen molar-refractivity contribution >= 4 is 33.2 Å². The minimum Gasteiger partial charge on any atom is -0.476 e. The number of hydrogen-bond acceptors (Lipinski definition) is 4. The van der Waals surface area contributed by atoms with Crippen molar-refractivity contribution < 1.29 is 17.9 Å². The fourth-order valence-corrected chi connectivity index (χ4v) is 4.23. The van der Waals surface area contributed by atoms with Gasteiger partial charge in [0, 0.05) is 18.1 Å². The molecule has 0 aliphatic carbocycles. The van der Waals surface area contributed by atoms with E-state index in [1.165, 1.54) is 4.31 Å². The molecule has 132 valence electrons. The molecule has 0 bridgehead atoms. The van der Waals surface area contributed by atoms with Crippen LogP contribution in [0.1, 0.15) is 25.7 Å². The lowest BCUT2D eigenvalue weighted by molar-refractivity contribution is -0.138. The second-order valence-electron chi connectivity index (χ2n) is 6.25. The van der Waals surface area contributed by atoms with Crippen molar-refractivity contribution in [3.63, 3.8) is 0 Å². The van der Waals surface area contributed by atoms with E-state index in [1.807, 2.05) is 0 Å². The number of anilines is 1. The molecular weight excluding hydrogens is 352 g/mol. The first kappa shape index (κ1) is 17.4. The monoisotopic (exact) mass is 372 g/mol. The van der Waals surface area contributed by atoms with Gasteiger partial charge in [0.05, 0.1) is 18.5 Å². The molecule has 1 amide bonds. The Morgan fingerprint density at radius 3 is 2.50 bits per heavy atom. The summed E-state index contributed by atoms with van der Waals surface area (Å²) in [7, 11) is -3.54. The summed E-state index contributed by atoms with van der Waals surface area (Å²) in [6.45, 7) is 1.37. The summed E-state index contributed by atoms with van der Waals surface area (Å²) in [6.07, 6.45) is 4.47. The third-order valence-corrected chi connectivity index (χ3v) is 5.77. The second kappa shape index (κ2) is 6.80. The third kappa shape index (κ3) is 3.62. The van der Waals surface area contributed by atoms with Gasteiger partial charge in [0.25, 0.3) is 5.91 Å². The molecule has 2 aliphatic heterocycles. The standard InChI is InChI=1S/C16H21ClN2O4S/c1-24(21,22)19-11-15(16(20)18-8-4-2-3-5-9-18)23-14-7-6-12(17)10-13(14)19/h6-7,10,15H,2-5,8-9,11H2,1H3/t15-/m1/s1. The van der Waals surface area contributed by atoms with Gasteiger partial charge in [0.15, 0.2) is 6.10 Å². The van der Waals surface area contributed by atoms with Crippen LogP contribution in [0.15, 0.2) is 18.2 Å². The van der Waals surface area contributed by atoms with Gasteiger partial charge in [0.2, 0.25) is 10.0 Å². The van der Waals surface area contributed by atoms with E-state index in [9.17, 15) is 13.2 Å². The molecule has 0 saturated carbocycles. The topological polar surface area (TPSA) is 66.9 Å². The lowest BCUT2D eigenvalue weighted by Crippen LogP contribution is -2.51. The summed E-state index contributed by atoms with van der Waals surface area (Å²) in [6, 6.07) is 4.78. The SMILES string of the molecule is CS(=O)(=O)N1C[C@H](C(=O)N2CCCCCC2)Oc2ccc(Cl)cc21. The number of carbonyl (C=O) groups is 1. The molecule has 0 radical (unpaired) electrons. The normalized spacial score (nSPS) is 21.7. The predicted molar refractivity (Wildman–Crippen MR) is 93.1 cm³/mol. The van der Waals surface area contributed by atoms with Crippen LogP contribution in [0.4, 0.5) is 5.69 Å². The number of halogens is 1. The van der Waals surface area contributed by atoms with Gasteiger partial charge in [-0.3, -0.25) is 9.10 Å². The second-order valence-corrected chi connectivity index (χ2v) is 8.60. The van der Waals surface area contributed by atoms with Crippen LogP contribution >= 0.6 is 11.6 Å². The number of hydrogen-bond donors (Lipinski definition) is 0. The van der Waals surface area contributed by atoms with Gasteiger partial charge in [-0.1, -0.05) is 24.4 Å². The van der Waals surface area contributed by atoms with Crippen LogP contribution in [0.3, 0.4) is 0 Å². The smallest absolute Gasteiger partial charge is 0.265 e. The highest BCUT2D eigenvalue weighted by atomic mass is 35.5. The minimum atomic E-state index is -3.54. The number of carbonyl (C=O) groups excluding carboxylic acids is 1. The zero-order valence-corrected chi connectivity index (χ0v) is 15.1. The Balaban J connectivity index is 1.89. The number of sulfonamides is 1. The maximum atomic E-state index is 12.8. The molecule has 0 N–H and O–H groups in total. The molecule has 3 rings (SSSR count). The van der Waals surface area contributed by atoms with Crippen LogP contribution in [0.5, 0.6) is 5.75 Å². The molecule has 0 spiro atoms. The Morgan fingerprint density at radius 2 is 1.88 bits per heavy atom. The van der Waals surface area contributed by atoms with Gasteiger partial charge in [-0.25, -0.2) is 8.42 Å². The van der Waals surface area contributed by atoms with E-state index < -0.39 is 16.1 Å². The van der Waals surface area contributed by atoms with E-state index in [1.54, 1.807) is 23.1 Å². The summed E-state index contributed by atoms with van der Waals surface area (Å²) < 4.78 is 31.3. The zero-order valence-electron chi connectivity index (χ0n) is 13.6. The van der Waals surface area contributed by atoms with Crippen LogP contribution in [0.25, 0.3) is 0 Å². The van der Waals surface area contributed by atoms with E-state index in [4.69, 9.17) is 16.3 Å². The average molecular weight is 373 g/mol. The van der Waals surface area contributed by atoms with E-state index in [-0.39, 0.29) is 12.5 Å². The van der Waals surface area contributed by atoms with E-state index in [0.717, 1.165) is 31.9 Å². The molecule has 2 heterocycles. The zero-order chi connectivity index (χ0) is 17.3. The molecule has 8 heteroatoms. The van der Waals surface area contributed by atoms with Crippen LogP contribution in [0.2, 0.25) is 5.02 Å². The Hall–Kier alpha value is -1.47. The van der Waals surface area contributed by atoms with Crippen LogP contribution < -0.4 is 9.04 Å². The summed E-state index contributed by atoms with van der Waals surface area (Å²) in [5, 5.41) is 0.420. The minimum absolute atomic E-state index is 0.0263.